The van der Waals surface area contributed by atoms with Gasteiger partial charge >= 0.3 is 5.91 Å². The maximum Gasteiger partial charge on any atom is 0.307 e. The predicted molar refractivity (Wildman–Crippen MR) is 135 cm³/mol. The van der Waals surface area contributed by atoms with Gasteiger partial charge in [-0.2, -0.15) is 5.10 Å². The molecule has 0 radical (unpaired) electrons. The number of hydrazone groups is 1. The van der Waals surface area contributed by atoms with E-state index in [0.29, 0.717) is 32.1 Å². The first-order chi connectivity index (χ1) is 16.7. The summed E-state index contributed by atoms with van der Waals surface area (Å²) >= 11 is 24.7. The van der Waals surface area contributed by atoms with E-state index in [1.54, 1.807) is 30.3 Å². The first kappa shape index (κ1) is 24.8. The summed E-state index contributed by atoms with van der Waals surface area (Å²) in [6.07, 6.45) is 1.34. The van der Waals surface area contributed by atoms with Gasteiger partial charge in [0, 0.05) is 33.1 Å². The molecule has 0 saturated heterocycles. The van der Waals surface area contributed by atoms with Crippen molar-refractivity contribution in [2.24, 2.45) is 5.10 Å². The van der Waals surface area contributed by atoms with Gasteiger partial charge in [-0.3, -0.25) is 14.9 Å². The Hall–Kier alpha value is -3.30. The molecule has 3 aromatic carbocycles. The molecule has 1 aromatic heterocycles. The Kier molecular flexibility index (Phi) is 7.47. The van der Waals surface area contributed by atoms with E-state index >= 15 is 0 Å². The minimum Gasteiger partial charge on any atom is -0.486 e. The number of hydrogen-bond donors (Lipinski definition) is 1. The zero-order valence-corrected chi connectivity index (χ0v) is 20.5. The van der Waals surface area contributed by atoms with Crippen molar-refractivity contribution in [2.45, 2.75) is 6.61 Å². The zero-order chi connectivity index (χ0) is 25.1. The normalized spacial score (nSPS) is 11.2. The lowest BCUT2D eigenvalue weighted by Crippen LogP contribution is -2.16. The Morgan fingerprint density at radius 2 is 1.77 bits per heavy atom. The number of nitrogens with one attached hydrogen (secondary N) is 1. The fraction of sp³-hybridized carbons (Fsp3) is 0.0435. The first-order valence-electron chi connectivity index (χ1n) is 9.78. The molecule has 8 nitrogen and oxygen atoms in total. The number of amides is 1. The third kappa shape index (κ3) is 5.86. The van der Waals surface area contributed by atoms with Gasteiger partial charge in [0.2, 0.25) is 0 Å². The average Bonchev–Trinajstić information content (AvgIpc) is 3.23. The lowest BCUT2D eigenvalue weighted by molar-refractivity contribution is -0.384. The van der Waals surface area contributed by atoms with Gasteiger partial charge in [0.25, 0.3) is 5.69 Å². The SMILES string of the molecule is O=C(N/N=C\c1cc(Cl)c(OCc2ccc(Cl)cc2Cl)c(Cl)c1)c1cc2cc([N+](=O)[O-])ccc2o1. The van der Waals surface area contributed by atoms with Crippen molar-refractivity contribution in [1.29, 1.82) is 0 Å². The van der Waals surface area contributed by atoms with Crippen LogP contribution in [0.5, 0.6) is 5.75 Å². The Morgan fingerprint density at radius 3 is 2.46 bits per heavy atom. The maximum absolute atomic E-state index is 12.3. The molecule has 0 saturated carbocycles. The molecule has 0 unspecified atom stereocenters. The largest absolute Gasteiger partial charge is 0.486 e. The molecule has 1 N–H and O–H groups in total. The molecule has 0 atom stereocenters. The van der Waals surface area contributed by atoms with Crippen LogP contribution in [0.2, 0.25) is 20.1 Å². The quantitative estimate of drug-likeness (QED) is 0.147. The second-order valence-electron chi connectivity index (χ2n) is 7.13. The fourth-order valence-electron chi connectivity index (χ4n) is 3.06. The first-order valence-corrected chi connectivity index (χ1v) is 11.3. The minimum atomic E-state index is -0.642. The molecular weight excluding hydrogens is 540 g/mol. The summed E-state index contributed by atoms with van der Waals surface area (Å²) in [4.78, 5) is 22.7. The molecule has 0 aliphatic heterocycles. The van der Waals surface area contributed by atoms with E-state index < -0.39 is 10.8 Å². The Bertz CT molecular complexity index is 1460. The number of non-ortho nitro benzene ring substituents is 1. The van der Waals surface area contributed by atoms with Gasteiger partial charge in [-0.15, -0.1) is 0 Å². The van der Waals surface area contributed by atoms with Crippen LogP contribution in [-0.4, -0.2) is 17.0 Å². The molecular formula is C23H13Cl4N3O5. The number of benzene rings is 3. The summed E-state index contributed by atoms with van der Waals surface area (Å²) in [6, 6.07) is 13.6. The fourth-order valence-corrected chi connectivity index (χ4v) is 4.13. The lowest BCUT2D eigenvalue weighted by atomic mass is 10.2. The average molecular weight is 553 g/mol. The smallest absolute Gasteiger partial charge is 0.307 e. The van der Waals surface area contributed by atoms with Crippen molar-refractivity contribution in [3.8, 4) is 5.75 Å². The number of carbonyl (C=O) groups excluding carboxylic acids is 1. The molecule has 1 amide bonds. The number of nitrogens with zero attached hydrogens (tertiary/aromatic N) is 2. The van der Waals surface area contributed by atoms with E-state index in [-0.39, 0.29) is 33.8 Å². The molecule has 1 heterocycles. The highest BCUT2D eigenvalue weighted by atomic mass is 35.5. The molecule has 0 spiro atoms. The second-order valence-corrected chi connectivity index (χ2v) is 8.79. The van der Waals surface area contributed by atoms with E-state index in [4.69, 9.17) is 55.6 Å². The Balaban J connectivity index is 1.42. The number of nitro groups is 1. The predicted octanol–water partition coefficient (Wildman–Crippen LogP) is 7.30. The highest BCUT2D eigenvalue weighted by molar-refractivity contribution is 6.37. The van der Waals surface area contributed by atoms with E-state index in [2.05, 4.69) is 10.5 Å². The highest BCUT2D eigenvalue weighted by Crippen LogP contribution is 2.35. The van der Waals surface area contributed by atoms with Crippen LogP contribution in [0.1, 0.15) is 21.7 Å². The van der Waals surface area contributed by atoms with Crippen LogP contribution >= 0.6 is 46.4 Å². The molecule has 0 aliphatic carbocycles. The molecule has 0 aliphatic rings. The van der Waals surface area contributed by atoms with Crippen LogP contribution in [0.3, 0.4) is 0 Å². The summed E-state index contributed by atoms with van der Waals surface area (Å²) in [7, 11) is 0. The van der Waals surface area contributed by atoms with Crippen LogP contribution in [0, 0.1) is 10.1 Å². The number of furan rings is 1. The number of carbonyl (C=O) groups is 1. The van der Waals surface area contributed by atoms with Gasteiger partial charge in [0.05, 0.1) is 21.2 Å². The third-order valence-corrected chi connectivity index (χ3v) is 5.87. The topological polar surface area (TPSA) is 107 Å². The van der Waals surface area contributed by atoms with Crippen LogP contribution < -0.4 is 10.2 Å². The minimum absolute atomic E-state index is 0.0571. The lowest BCUT2D eigenvalue weighted by Gasteiger charge is -2.12. The summed E-state index contributed by atoms with van der Waals surface area (Å²) in [5.74, 6) is -0.438. The number of ether oxygens (including phenoxy) is 1. The highest BCUT2D eigenvalue weighted by Gasteiger charge is 2.15. The number of nitro benzene ring substituents is 1. The number of fused-ring (bicyclic) bond motifs is 1. The number of hydrogen-bond acceptors (Lipinski definition) is 6. The molecule has 12 heteroatoms. The van der Waals surface area contributed by atoms with Crippen LogP contribution in [0.4, 0.5) is 5.69 Å². The van der Waals surface area contributed by atoms with Gasteiger partial charge in [0.15, 0.2) is 11.5 Å². The van der Waals surface area contributed by atoms with E-state index in [1.807, 2.05) is 0 Å². The van der Waals surface area contributed by atoms with Crippen molar-refractivity contribution in [3.63, 3.8) is 0 Å². The van der Waals surface area contributed by atoms with Crippen molar-refractivity contribution in [3.05, 3.63) is 102 Å². The summed E-state index contributed by atoms with van der Waals surface area (Å²) in [5, 5.41) is 16.6. The van der Waals surface area contributed by atoms with Gasteiger partial charge in [-0.25, -0.2) is 5.43 Å². The van der Waals surface area contributed by atoms with Gasteiger partial charge in [0.1, 0.15) is 12.2 Å². The van der Waals surface area contributed by atoms with Gasteiger partial charge < -0.3 is 9.15 Å². The summed E-state index contributed by atoms with van der Waals surface area (Å²) in [6.45, 7) is 0.125. The molecule has 178 valence electrons. The zero-order valence-electron chi connectivity index (χ0n) is 17.4. The Labute approximate surface area is 218 Å². The molecule has 4 rings (SSSR count). The number of rotatable bonds is 7. The Morgan fingerprint density at radius 1 is 1.03 bits per heavy atom. The maximum atomic E-state index is 12.3. The molecule has 0 fully saturated rings. The summed E-state index contributed by atoms with van der Waals surface area (Å²) < 4.78 is 11.1. The van der Waals surface area contributed by atoms with Gasteiger partial charge in [-0.1, -0.05) is 52.5 Å². The second kappa shape index (κ2) is 10.5. The van der Waals surface area contributed by atoms with Crippen molar-refractivity contribution in [2.75, 3.05) is 0 Å². The standard InChI is InChI=1S/C23H13Cl4N3O5/c24-15-2-1-13(17(25)9-15)11-34-22-18(26)5-12(6-19(22)27)10-28-29-23(31)21-8-14-7-16(30(32)33)3-4-20(14)35-21/h1-10H,11H2,(H,29,31)/b28-10-. The number of halogens is 4. The van der Waals surface area contributed by atoms with E-state index in [0.717, 1.165) is 0 Å². The van der Waals surface area contributed by atoms with E-state index in [9.17, 15) is 14.9 Å². The summed E-state index contributed by atoms with van der Waals surface area (Å²) in [5.41, 5.74) is 3.74. The van der Waals surface area contributed by atoms with Crippen LogP contribution in [0.15, 0.2) is 64.1 Å². The van der Waals surface area contributed by atoms with Crippen molar-refractivity contribution in [1.82, 2.24) is 5.43 Å². The van der Waals surface area contributed by atoms with Crippen molar-refractivity contribution >= 4 is 75.2 Å². The van der Waals surface area contributed by atoms with Crippen molar-refractivity contribution < 1.29 is 18.9 Å². The monoisotopic (exact) mass is 551 g/mol. The van der Waals surface area contributed by atoms with E-state index in [1.165, 1.54) is 30.5 Å². The molecule has 4 aromatic rings. The molecule has 0 bridgehead atoms. The van der Waals surface area contributed by atoms with Crippen LogP contribution in [0.25, 0.3) is 11.0 Å². The molecule has 35 heavy (non-hydrogen) atoms. The van der Waals surface area contributed by atoms with Gasteiger partial charge in [-0.05, 0) is 42.0 Å². The third-order valence-electron chi connectivity index (χ3n) is 4.72. The van der Waals surface area contributed by atoms with Crippen LogP contribution in [-0.2, 0) is 6.61 Å².